The summed E-state index contributed by atoms with van der Waals surface area (Å²) in [6.07, 6.45) is 2.86. The molecule has 31 heavy (non-hydrogen) atoms. The molecule has 0 N–H and O–H groups in total. The van der Waals surface area contributed by atoms with Gasteiger partial charge in [0, 0.05) is 11.2 Å². The van der Waals surface area contributed by atoms with Crippen LogP contribution < -0.4 is 10.3 Å². The second-order valence-corrected chi connectivity index (χ2v) is 8.24. The molecule has 1 amide bonds. The normalized spacial score (nSPS) is 11.1. The zero-order chi connectivity index (χ0) is 21.4. The summed E-state index contributed by atoms with van der Waals surface area (Å²) >= 11 is 7.43. The lowest BCUT2D eigenvalue weighted by Crippen LogP contribution is -2.34. The SMILES string of the molecule is O=C(c1coc2ccccc2c1=O)N(Cc1ccccn1)c1nc2ccc(Cl)cc2s1. The lowest BCUT2D eigenvalue weighted by atomic mass is 10.1. The second-order valence-electron chi connectivity index (χ2n) is 6.80. The van der Waals surface area contributed by atoms with Crippen molar-refractivity contribution in [1.29, 1.82) is 0 Å². The number of nitrogens with zero attached hydrogens (tertiary/aromatic N) is 3. The van der Waals surface area contributed by atoms with Gasteiger partial charge in [-0.05, 0) is 42.5 Å². The molecule has 0 atom stereocenters. The fourth-order valence-electron chi connectivity index (χ4n) is 3.25. The molecule has 0 aliphatic rings. The lowest BCUT2D eigenvalue weighted by molar-refractivity contribution is 0.0982. The molecule has 0 saturated carbocycles. The van der Waals surface area contributed by atoms with Gasteiger partial charge in [0.2, 0.25) is 5.43 Å². The Morgan fingerprint density at radius 3 is 2.77 bits per heavy atom. The van der Waals surface area contributed by atoms with Crippen LogP contribution in [0.5, 0.6) is 0 Å². The van der Waals surface area contributed by atoms with Crippen LogP contribution in [0, 0.1) is 0 Å². The zero-order valence-electron chi connectivity index (χ0n) is 16.0. The van der Waals surface area contributed by atoms with E-state index in [0.29, 0.717) is 32.3 Å². The number of pyridine rings is 1. The monoisotopic (exact) mass is 447 g/mol. The number of anilines is 1. The number of hydrogen-bond donors (Lipinski definition) is 0. The highest BCUT2D eigenvalue weighted by molar-refractivity contribution is 7.22. The molecule has 6 nitrogen and oxygen atoms in total. The molecule has 0 radical (unpaired) electrons. The first-order chi connectivity index (χ1) is 15.1. The van der Waals surface area contributed by atoms with Gasteiger partial charge in [0.25, 0.3) is 5.91 Å². The smallest absolute Gasteiger partial charge is 0.267 e. The number of para-hydroxylation sites is 1. The average Bonchev–Trinajstić information content (AvgIpc) is 3.21. The molecule has 3 aromatic heterocycles. The molecule has 0 fully saturated rings. The fraction of sp³-hybridized carbons (Fsp3) is 0.0435. The van der Waals surface area contributed by atoms with Gasteiger partial charge < -0.3 is 4.42 Å². The number of carbonyl (C=O) groups excluding carboxylic acids is 1. The number of amides is 1. The van der Waals surface area contributed by atoms with Gasteiger partial charge in [0.15, 0.2) is 5.13 Å². The summed E-state index contributed by atoms with van der Waals surface area (Å²) < 4.78 is 6.40. The van der Waals surface area contributed by atoms with Crippen molar-refractivity contribution >= 4 is 55.2 Å². The largest absolute Gasteiger partial charge is 0.463 e. The van der Waals surface area contributed by atoms with E-state index in [1.165, 1.54) is 22.5 Å². The quantitative estimate of drug-likeness (QED) is 0.373. The average molecular weight is 448 g/mol. The molecule has 0 aliphatic carbocycles. The Labute approximate surface area is 185 Å². The van der Waals surface area contributed by atoms with Crippen LogP contribution in [0.1, 0.15) is 16.1 Å². The first kappa shape index (κ1) is 19.4. The number of aromatic nitrogens is 2. The van der Waals surface area contributed by atoms with E-state index >= 15 is 0 Å². The molecule has 0 saturated heterocycles. The summed E-state index contributed by atoms with van der Waals surface area (Å²) in [6.45, 7) is 0.152. The van der Waals surface area contributed by atoms with Crippen molar-refractivity contribution in [3.63, 3.8) is 0 Å². The van der Waals surface area contributed by atoms with Gasteiger partial charge in [-0.25, -0.2) is 4.98 Å². The number of fused-ring (bicyclic) bond motifs is 2. The van der Waals surface area contributed by atoms with Crippen molar-refractivity contribution < 1.29 is 9.21 Å². The molecule has 2 aromatic carbocycles. The zero-order valence-corrected chi connectivity index (χ0v) is 17.6. The maximum Gasteiger partial charge on any atom is 0.267 e. The fourth-order valence-corrected chi connectivity index (χ4v) is 4.49. The van der Waals surface area contributed by atoms with Crippen LogP contribution >= 0.6 is 22.9 Å². The van der Waals surface area contributed by atoms with Crippen molar-refractivity contribution in [2.24, 2.45) is 0 Å². The molecular formula is C23H14ClN3O3S. The standard InChI is InChI=1S/C23H14ClN3O3S/c24-14-8-9-18-20(11-14)31-23(26-18)27(12-15-5-3-4-10-25-15)22(29)17-13-30-19-7-2-1-6-16(19)21(17)28/h1-11,13H,12H2. The highest BCUT2D eigenvalue weighted by atomic mass is 35.5. The lowest BCUT2D eigenvalue weighted by Gasteiger charge is -2.19. The number of hydrogen-bond acceptors (Lipinski definition) is 6. The molecular weight excluding hydrogens is 434 g/mol. The van der Waals surface area contributed by atoms with Gasteiger partial charge in [-0.15, -0.1) is 0 Å². The summed E-state index contributed by atoms with van der Waals surface area (Å²) in [5, 5.41) is 1.38. The summed E-state index contributed by atoms with van der Waals surface area (Å²) in [6, 6.07) is 17.6. The summed E-state index contributed by atoms with van der Waals surface area (Å²) in [7, 11) is 0. The molecule has 3 heterocycles. The Hall–Kier alpha value is -3.55. The van der Waals surface area contributed by atoms with Crippen molar-refractivity contribution in [3.8, 4) is 0 Å². The van der Waals surface area contributed by atoms with E-state index in [4.69, 9.17) is 16.0 Å². The minimum absolute atomic E-state index is 0.0630. The van der Waals surface area contributed by atoms with E-state index in [0.717, 1.165) is 4.70 Å². The number of carbonyl (C=O) groups is 1. The van der Waals surface area contributed by atoms with Gasteiger partial charge in [0.1, 0.15) is 17.4 Å². The molecule has 5 rings (SSSR count). The van der Waals surface area contributed by atoms with Crippen molar-refractivity contribution in [1.82, 2.24) is 9.97 Å². The molecule has 0 bridgehead atoms. The van der Waals surface area contributed by atoms with E-state index in [1.807, 2.05) is 12.1 Å². The molecule has 0 aliphatic heterocycles. The van der Waals surface area contributed by atoms with E-state index in [2.05, 4.69) is 9.97 Å². The predicted octanol–water partition coefficient (Wildman–Crippen LogP) is 5.30. The molecule has 152 valence electrons. The third kappa shape index (κ3) is 3.69. The highest BCUT2D eigenvalue weighted by Gasteiger charge is 2.25. The second kappa shape index (κ2) is 7.94. The minimum atomic E-state index is -0.504. The Morgan fingerprint density at radius 2 is 1.94 bits per heavy atom. The van der Waals surface area contributed by atoms with Crippen molar-refractivity contribution in [3.05, 3.63) is 99.6 Å². The third-order valence-corrected chi connectivity index (χ3v) is 6.05. The van der Waals surface area contributed by atoms with E-state index < -0.39 is 5.91 Å². The van der Waals surface area contributed by atoms with Gasteiger partial charge in [-0.3, -0.25) is 19.5 Å². The molecule has 8 heteroatoms. The van der Waals surface area contributed by atoms with Crippen molar-refractivity contribution in [2.75, 3.05) is 4.90 Å². The van der Waals surface area contributed by atoms with E-state index in [9.17, 15) is 9.59 Å². The summed E-state index contributed by atoms with van der Waals surface area (Å²) in [5.74, 6) is -0.504. The van der Waals surface area contributed by atoms with E-state index in [-0.39, 0.29) is 17.5 Å². The van der Waals surface area contributed by atoms with Crippen LogP contribution in [-0.2, 0) is 6.54 Å². The summed E-state index contributed by atoms with van der Waals surface area (Å²) in [4.78, 5) is 36.9. The van der Waals surface area contributed by atoms with Crippen LogP contribution in [0.2, 0.25) is 5.02 Å². The Balaban J connectivity index is 1.63. The first-order valence-corrected chi connectivity index (χ1v) is 10.6. The van der Waals surface area contributed by atoms with Gasteiger partial charge in [-0.2, -0.15) is 0 Å². The molecule has 0 spiro atoms. The topological polar surface area (TPSA) is 76.3 Å². The van der Waals surface area contributed by atoms with E-state index in [1.54, 1.807) is 54.7 Å². The van der Waals surface area contributed by atoms with Crippen LogP contribution in [0.4, 0.5) is 5.13 Å². The number of benzene rings is 2. The third-order valence-electron chi connectivity index (χ3n) is 4.77. The maximum absolute atomic E-state index is 13.5. The van der Waals surface area contributed by atoms with Crippen LogP contribution in [0.15, 0.2) is 82.3 Å². The minimum Gasteiger partial charge on any atom is -0.463 e. The van der Waals surface area contributed by atoms with Crippen LogP contribution in [0.3, 0.4) is 0 Å². The number of thiazole rings is 1. The highest BCUT2D eigenvalue weighted by Crippen LogP contribution is 2.32. The predicted molar refractivity (Wildman–Crippen MR) is 122 cm³/mol. The summed E-state index contributed by atoms with van der Waals surface area (Å²) in [5.41, 5.74) is 1.36. The first-order valence-electron chi connectivity index (χ1n) is 9.38. The Kier molecular flexibility index (Phi) is 4.97. The van der Waals surface area contributed by atoms with Crippen molar-refractivity contribution in [2.45, 2.75) is 6.54 Å². The number of halogens is 1. The Morgan fingerprint density at radius 1 is 1.10 bits per heavy atom. The molecule has 0 unspecified atom stereocenters. The maximum atomic E-state index is 13.5. The number of rotatable bonds is 4. The molecule has 5 aromatic rings. The van der Waals surface area contributed by atoms with Crippen LogP contribution in [0.25, 0.3) is 21.2 Å². The van der Waals surface area contributed by atoms with Crippen LogP contribution in [-0.4, -0.2) is 15.9 Å². The van der Waals surface area contributed by atoms with Gasteiger partial charge in [-0.1, -0.05) is 41.1 Å². The van der Waals surface area contributed by atoms with Gasteiger partial charge in [0.05, 0.1) is 27.8 Å². The van der Waals surface area contributed by atoms with Gasteiger partial charge >= 0.3 is 0 Å². The Bertz CT molecular complexity index is 1480.